The van der Waals surface area contributed by atoms with Gasteiger partial charge in [0.25, 0.3) is 5.91 Å². The number of carbonyl (C=O) groups is 1. The van der Waals surface area contributed by atoms with Gasteiger partial charge in [-0.2, -0.15) is 11.8 Å². The molecule has 1 fully saturated rings. The smallest absolute Gasteiger partial charge is 0.274 e. The highest BCUT2D eigenvalue weighted by molar-refractivity contribution is 8.00. The lowest BCUT2D eigenvalue weighted by atomic mass is 10.2. The zero-order valence-corrected chi connectivity index (χ0v) is 11.7. The van der Waals surface area contributed by atoms with Crippen LogP contribution in [-0.4, -0.2) is 51.4 Å². The first-order valence-corrected chi connectivity index (χ1v) is 7.10. The molecule has 1 aromatic heterocycles. The summed E-state index contributed by atoms with van der Waals surface area (Å²) < 4.78 is 0. The second kappa shape index (κ2) is 5.56. The van der Waals surface area contributed by atoms with Crippen molar-refractivity contribution in [2.75, 3.05) is 24.7 Å². The van der Waals surface area contributed by atoms with Gasteiger partial charge in [-0.1, -0.05) is 6.92 Å². The summed E-state index contributed by atoms with van der Waals surface area (Å²) in [5, 5.41) is 3.35. The second-order valence-electron chi connectivity index (χ2n) is 4.35. The molecule has 2 rings (SSSR count). The molecule has 2 heterocycles. The summed E-state index contributed by atoms with van der Waals surface area (Å²) in [6.45, 7) is 5.03. The Balaban J connectivity index is 2.14. The minimum absolute atomic E-state index is 0.0233. The van der Waals surface area contributed by atoms with Gasteiger partial charge >= 0.3 is 0 Å². The number of anilines is 1. The largest absolute Gasteiger partial charge is 0.372 e. The monoisotopic (exact) mass is 266 g/mol. The van der Waals surface area contributed by atoms with Gasteiger partial charge in [0, 0.05) is 30.6 Å². The maximum atomic E-state index is 12.3. The number of nitrogens with zero attached hydrogens (tertiary/aromatic N) is 3. The molecule has 1 saturated heterocycles. The molecular formula is C12H18N4OS. The third-order valence-corrected chi connectivity index (χ3v) is 4.61. The summed E-state index contributed by atoms with van der Waals surface area (Å²) in [7, 11) is 1.77. The zero-order chi connectivity index (χ0) is 13.1. The lowest BCUT2D eigenvalue weighted by molar-refractivity contribution is 0.0691. The first kappa shape index (κ1) is 13.1. The van der Waals surface area contributed by atoms with E-state index < -0.39 is 0 Å². The second-order valence-corrected chi connectivity index (χ2v) is 5.84. The van der Waals surface area contributed by atoms with Gasteiger partial charge in [-0.15, -0.1) is 0 Å². The van der Waals surface area contributed by atoms with Crippen LogP contribution in [0.3, 0.4) is 0 Å². The minimum atomic E-state index is -0.0233. The number of thioether (sulfide) groups is 1. The molecule has 0 spiro atoms. The molecule has 1 N–H and O–H groups in total. The van der Waals surface area contributed by atoms with Gasteiger partial charge in [0.15, 0.2) is 0 Å². The number of rotatable bonds is 2. The van der Waals surface area contributed by atoms with E-state index in [1.54, 1.807) is 13.2 Å². The highest BCUT2D eigenvalue weighted by Gasteiger charge is 2.30. The summed E-state index contributed by atoms with van der Waals surface area (Å²) in [6, 6.07) is 0.238. The minimum Gasteiger partial charge on any atom is -0.372 e. The average Bonchev–Trinajstić information content (AvgIpc) is 2.41. The van der Waals surface area contributed by atoms with Crippen molar-refractivity contribution in [3.63, 3.8) is 0 Å². The molecule has 1 amide bonds. The van der Waals surface area contributed by atoms with E-state index in [1.807, 2.05) is 16.7 Å². The predicted molar refractivity (Wildman–Crippen MR) is 74.0 cm³/mol. The van der Waals surface area contributed by atoms with E-state index in [-0.39, 0.29) is 11.9 Å². The van der Waals surface area contributed by atoms with E-state index in [1.165, 1.54) is 6.20 Å². The Morgan fingerprint density at radius 1 is 1.44 bits per heavy atom. The van der Waals surface area contributed by atoms with Crippen LogP contribution in [0, 0.1) is 0 Å². The van der Waals surface area contributed by atoms with Crippen LogP contribution in [0.1, 0.15) is 24.3 Å². The van der Waals surface area contributed by atoms with Crippen LogP contribution < -0.4 is 5.32 Å². The van der Waals surface area contributed by atoms with E-state index in [9.17, 15) is 4.79 Å². The Bertz CT molecular complexity index is 423. The number of amides is 1. The van der Waals surface area contributed by atoms with Gasteiger partial charge in [0.2, 0.25) is 0 Å². The fourth-order valence-electron chi connectivity index (χ4n) is 1.93. The summed E-state index contributed by atoms with van der Waals surface area (Å²) >= 11 is 1.91. The quantitative estimate of drug-likeness (QED) is 0.878. The van der Waals surface area contributed by atoms with E-state index in [4.69, 9.17) is 0 Å². The summed E-state index contributed by atoms with van der Waals surface area (Å²) in [6.07, 6.45) is 3.12. The molecule has 2 atom stereocenters. The molecule has 1 aliphatic rings. The van der Waals surface area contributed by atoms with Crippen molar-refractivity contribution in [3.05, 3.63) is 18.1 Å². The Labute approximate surface area is 111 Å². The Kier molecular flexibility index (Phi) is 4.06. The Hall–Kier alpha value is -1.30. The van der Waals surface area contributed by atoms with E-state index in [2.05, 4.69) is 29.1 Å². The summed E-state index contributed by atoms with van der Waals surface area (Å²) in [5.41, 5.74) is 0.417. The van der Waals surface area contributed by atoms with Gasteiger partial charge < -0.3 is 10.2 Å². The number of aromatic nitrogens is 2. The third kappa shape index (κ3) is 2.58. The normalized spacial score (nSPS) is 23.8. The van der Waals surface area contributed by atoms with Gasteiger partial charge in [-0.25, -0.2) is 9.97 Å². The summed E-state index contributed by atoms with van der Waals surface area (Å²) in [4.78, 5) is 22.5. The predicted octanol–water partition coefficient (Wildman–Crippen LogP) is 1.48. The van der Waals surface area contributed by atoms with Crippen molar-refractivity contribution >= 4 is 23.5 Å². The third-order valence-electron chi connectivity index (χ3n) is 3.27. The van der Waals surface area contributed by atoms with Crippen molar-refractivity contribution in [2.24, 2.45) is 0 Å². The molecule has 0 aliphatic carbocycles. The van der Waals surface area contributed by atoms with Crippen LogP contribution >= 0.6 is 11.8 Å². The Morgan fingerprint density at radius 3 is 2.83 bits per heavy atom. The zero-order valence-electron chi connectivity index (χ0n) is 10.9. The van der Waals surface area contributed by atoms with Crippen LogP contribution in [0.2, 0.25) is 0 Å². The first-order valence-electron chi connectivity index (χ1n) is 6.06. The first-order chi connectivity index (χ1) is 8.63. The van der Waals surface area contributed by atoms with Crippen LogP contribution in [-0.2, 0) is 0 Å². The van der Waals surface area contributed by atoms with Gasteiger partial charge in [-0.05, 0) is 6.92 Å². The van der Waals surface area contributed by atoms with Crippen LogP contribution in [0.15, 0.2) is 12.4 Å². The molecular weight excluding hydrogens is 248 g/mol. The fourth-order valence-corrected chi connectivity index (χ4v) is 3.03. The van der Waals surface area contributed by atoms with Crippen molar-refractivity contribution < 1.29 is 4.79 Å². The van der Waals surface area contributed by atoms with Crippen LogP contribution in [0.5, 0.6) is 0 Å². The molecule has 1 aliphatic heterocycles. The maximum absolute atomic E-state index is 12.3. The fraction of sp³-hybridized carbons (Fsp3) is 0.583. The molecule has 18 heavy (non-hydrogen) atoms. The molecule has 98 valence electrons. The van der Waals surface area contributed by atoms with E-state index >= 15 is 0 Å². The SMILES string of the molecule is CNc1cnc(C(=O)N2CCSC(C)C2C)cn1. The number of hydrogen-bond acceptors (Lipinski definition) is 5. The molecule has 6 heteroatoms. The topological polar surface area (TPSA) is 58.1 Å². The van der Waals surface area contributed by atoms with Crippen molar-refractivity contribution in [1.82, 2.24) is 14.9 Å². The van der Waals surface area contributed by atoms with Gasteiger partial charge in [-0.3, -0.25) is 4.79 Å². The maximum Gasteiger partial charge on any atom is 0.274 e. The standard InChI is InChI=1S/C12H18N4OS/c1-8-9(2)18-5-4-16(8)12(17)10-6-15-11(13-3)7-14-10/h6-9H,4-5H2,1-3H3,(H,13,15). The van der Waals surface area contributed by atoms with Crippen molar-refractivity contribution in [2.45, 2.75) is 25.1 Å². The molecule has 0 aromatic carbocycles. The summed E-state index contributed by atoms with van der Waals surface area (Å²) in [5.74, 6) is 1.63. The average molecular weight is 266 g/mol. The number of hydrogen-bond donors (Lipinski definition) is 1. The van der Waals surface area contributed by atoms with E-state index in [0.29, 0.717) is 16.8 Å². The van der Waals surface area contributed by atoms with E-state index in [0.717, 1.165) is 12.3 Å². The molecule has 0 bridgehead atoms. The highest BCUT2D eigenvalue weighted by atomic mass is 32.2. The molecule has 0 radical (unpaired) electrons. The van der Waals surface area contributed by atoms with Crippen molar-refractivity contribution in [1.29, 1.82) is 0 Å². The molecule has 2 unspecified atom stereocenters. The molecule has 0 saturated carbocycles. The highest BCUT2D eigenvalue weighted by Crippen LogP contribution is 2.25. The Morgan fingerprint density at radius 2 is 2.22 bits per heavy atom. The molecule has 1 aromatic rings. The van der Waals surface area contributed by atoms with Crippen LogP contribution in [0.4, 0.5) is 5.82 Å². The van der Waals surface area contributed by atoms with Crippen LogP contribution in [0.25, 0.3) is 0 Å². The lowest BCUT2D eigenvalue weighted by Gasteiger charge is -2.37. The lowest BCUT2D eigenvalue weighted by Crippen LogP contribution is -2.48. The molecule has 5 nitrogen and oxygen atoms in total. The van der Waals surface area contributed by atoms with Gasteiger partial charge in [0.1, 0.15) is 11.5 Å². The van der Waals surface area contributed by atoms with Crippen molar-refractivity contribution in [3.8, 4) is 0 Å². The van der Waals surface area contributed by atoms with Gasteiger partial charge in [0.05, 0.1) is 12.4 Å². The number of nitrogens with one attached hydrogen (secondary N) is 1. The number of carbonyl (C=O) groups excluding carboxylic acids is 1.